The standard InChI is InChI=1S/C12H8Cl6/c13-10(14)7-12(17,18)11(15,16)6-9(10)8-4-2-1-3-5-8/h1-6H,7H2. The second-order valence-electron chi connectivity index (χ2n) is 4.13. The third-order valence-corrected chi connectivity index (χ3v) is 5.52. The summed E-state index contributed by atoms with van der Waals surface area (Å²) in [5.41, 5.74) is 1.44. The minimum absolute atomic E-state index is 0.0277. The van der Waals surface area contributed by atoms with Gasteiger partial charge in [0.2, 0.25) is 0 Å². The van der Waals surface area contributed by atoms with Gasteiger partial charge in [-0.05, 0) is 17.2 Å². The van der Waals surface area contributed by atoms with Crippen LogP contribution >= 0.6 is 69.6 Å². The van der Waals surface area contributed by atoms with Gasteiger partial charge in [-0.25, -0.2) is 0 Å². The Balaban J connectivity index is 2.56. The molecule has 0 fully saturated rings. The molecule has 1 aliphatic rings. The van der Waals surface area contributed by atoms with Gasteiger partial charge in [-0.2, -0.15) is 0 Å². The Morgan fingerprint density at radius 2 is 1.39 bits per heavy atom. The number of hydrogen-bond acceptors (Lipinski definition) is 0. The van der Waals surface area contributed by atoms with E-state index in [1.807, 2.05) is 30.3 Å². The third kappa shape index (κ3) is 2.75. The Bertz CT molecular complexity index is 475. The average molecular weight is 365 g/mol. The Kier molecular flexibility index (Phi) is 4.12. The minimum atomic E-state index is -1.45. The van der Waals surface area contributed by atoms with E-state index < -0.39 is 13.0 Å². The highest BCUT2D eigenvalue weighted by Gasteiger charge is 2.55. The van der Waals surface area contributed by atoms with Gasteiger partial charge in [0.05, 0.1) is 0 Å². The molecule has 2 rings (SSSR count). The summed E-state index contributed by atoms with van der Waals surface area (Å²) in [6.07, 6.45) is 1.54. The van der Waals surface area contributed by atoms with E-state index in [0.717, 1.165) is 5.56 Å². The zero-order valence-corrected chi connectivity index (χ0v) is 13.5. The van der Waals surface area contributed by atoms with Crippen LogP contribution in [0.4, 0.5) is 0 Å². The van der Waals surface area contributed by atoms with Crippen molar-refractivity contribution in [1.29, 1.82) is 0 Å². The lowest BCUT2D eigenvalue weighted by Gasteiger charge is -2.41. The monoisotopic (exact) mass is 362 g/mol. The summed E-state index contributed by atoms with van der Waals surface area (Å²) in [5.74, 6) is 0. The molecular formula is C12H8Cl6. The number of hydrogen-bond donors (Lipinski definition) is 0. The SMILES string of the molecule is ClC1(Cl)CC(Cl)(Cl)C(Cl)(Cl)C=C1c1ccccc1. The second kappa shape index (κ2) is 4.91. The minimum Gasteiger partial charge on any atom is -0.0978 e. The van der Waals surface area contributed by atoms with Crippen molar-refractivity contribution in [2.24, 2.45) is 0 Å². The van der Waals surface area contributed by atoms with E-state index in [1.165, 1.54) is 6.08 Å². The number of halogens is 6. The lowest BCUT2D eigenvalue weighted by atomic mass is 9.91. The normalized spacial score (nSPS) is 24.4. The molecule has 6 heteroatoms. The van der Waals surface area contributed by atoms with Gasteiger partial charge in [-0.15, -0.1) is 0 Å². The molecule has 1 aromatic rings. The van der Waals surface area contributed by atoms with Crippen molar-refractivity contribution in [2.75, 3.05) is 0 Å². The lowest BCUT2D eigenvalue weighted by molar-refractivity contribution is 0.641. The van der Waals surface area contributed by atoms with Crippen LogP contribution in [-0.4, -0.2) is 13.0 Å². The summed E-state index contributed by atoms with van der Waals surface area (Å²) in [7, 11) is 0. The van der Waals surface area contributed by atoms with E-state index in [9.17, 15) is 0 Å². The molecule has 0 spiro atoms. The molecule has 0 atom stereocenters. The second-order valence-corrected chi connectivity index (χ2v) is 8.49. The van der Waals surface area contributed by atoms with Gasteiger partial charge in [0.25, 0.3) is 0 Å². The van der Waals surface area contributed by atoms with Crippen molar-refractivity contribution in [1.82, 2.24) is 0 Å². The number of alkyl halides is 6. The molecule has 0 unspecified atom stereocenters. The molecule has 0 aromatic heterocycles. The van der Waals surface area contributed by atoms with Gasteiger partial charge >= 0.3 is 0 Å². The van der Waals surface area contributed by atoms with E-state index in [0.29, 0.717) is 5.57 Å². The predicted molar refractivity (Wildman–Crippen MR) is 82.3 cm³/mol. The first-order valence-electron chi connectivity index (χ1n) is 5.08. The van der Waals surface area contributed by atoms with Crippen molar-refractivity contribution >= 4 is 75.2 Å². The molecule has 0 saturated carbocycles. The van der Waals surface area contributed by atoms with E-state index in [4.69, 9.17) is 69.6 Å². The van der Waals surface area contributed by atoms with E-state index >= 15 is 0 Å². The zero-order chi connectivity index (χ0) is 13.6. The maximum absolute atomic E-state index is 6.30. The van der Waals surface area contributed by atoms with E-state index in [-0.39, 0.29) is 6.42 Å². The summed E-state index contributed by atoms with van der Waals surface area (Å²) < 4.78 is -4.13. The van der Waals surface area contributed by atoms with Crippen molar-refractivity contribution in [2.45, 2.75) is 19.4 Å². The highest BCUT2D eigenvalue weighted by Crippen LogP contribution is 2.58. The van der Waals surface area contributed by atoms with Crippen molar-refractivity contribution < 1.29 is 0 Å². The summed E-state index contributed by atoms with van der Waals surface area (Å²) in [5, 5.41) is 0. The molecule has 98 valence electrons. The first-order valence-corrected chi connectivity index (χ1v) is 7.35. The third-order valence-electron chi connectivity index (χ3n) is 2.74. The molecule has 1 aromatic carbocycles. The van der Waals surface area contributed by atoms with Crippen molar-refractivity contribution in [3.05, 3.63) is 42.0 Å². The maximum atomic E-state index is 6.30. The summed E-state index contributed by atoms with van der Waals surface area (Å²) in [6.45, 7) is 0. The fourth-order valence-electron chi connectivity index (χ4n) is 1.80. The summed E-state index contributed by atoms with van der Waals surface area (Å²) in [4.78, 5) is 0. The number of allylic oxidation sites excluding steroid dienone is 2. The summed E-state index contributed by atoms with van der Waals surface area (Å²) >= 11 is 37.1. The summed E-state index contributed by atoms with van der Waals surface area (Å²) in [6, 6.07) is 9.36. The van der Waals surface area contributed by atoms with Gasteiger partial charge in [0.15, 0.2) is 8.67 Å². The van der Waals surface area contributed by atoms with Crippen LogP contribution in [0.3, 0.4) is 0 Å². The largest absolute Gasteiger partial charge is 0.169 e. The number of benzene rings is 1. The van der Waals surface area contributed by atoms with Gasteiger partial charge < -0.3 is 0 Å². The first-order chi connectivity index (χ1) is 8.16. The molecule has 0 nitrogen and oxygen atoms in total. The zero-order valence-electron chi connectivity index (χ0n) is 8.94. The fourth-order valence-corrected chi connectivity index (χ4v) is 3.66. The van der Waals surface area contributed by atoms with Crippen molar-refractivity contribution in [3.63, 3.8) is 0 Å². The molecule has 0 saturated heterocycles. The molecule has 0 radical (unpaired) electrons. The quantitative estimate of drug-likeness (QED) is 0.536. The van der Waals surface area contributed by atoms with Crippen LogP contribution in [0.2, 0.25) is 0 Å². The molecule has 0 N–H and O–H groups in total. The smallest absolute Gasteiger partial charge is 0.0978 e. The van der Waals surface area contributed by atoms with Gasteiger partial charge in [0.1, 0.15) is 4.33 Å². The van der Waals surface area contributed by atoms with E-state index in [2.05, 4.69) is 0 Å². The van der Waals surface area contributed by atoms with Gasteiger partial charge in [-0.3, -0.25) is 0 Å². The van der Waals surface area contributed by atoms with Crippen LogP contribution in [0, 0.1) is 0 Å². The van der Waals surface area contributed by atoms with Gasteiger partial charge in [-0.1, -0.05) is 99.9 Å². The Morgan fingerprint density at radius 1 is 0.833 bits per heavy atom. The highest BCUT2D eigenvalue weighted by molar-refractivity contribution is 6.66. The van der Waals surface area contributed by atoms with Gasteiger partial charge in [0, 0.05) is 6.42 Å². The van der Waals surface area contributed by atoms with Crippen LogP contribution < -0.4 is 0 Å². The lowest BCUT2D eigenvalue weighted by Crippen LogP contribution is -2.44. The topological polar surface area (TPSA) is 0 Å². The molecule has 0 heterocycles. The van der Waals surface area contributed by atoms with Crippen LogP contribution in [0.25, 0.3) is 5.57 Å². The molecule has 0 aliphatic heterocycles. The maximum Gasteiger partial charge on any atom is 0.169 e. The fraction of sp³-hybridized carbons (Fsp3) is 0.333. The highest BCUT2D eigenvalue weighted by atomic mass is 35.5. The molecule has 18 heavy (non-hydrogen) atoms. The van der Waals surface area contributed by atoms with Crippen LogP contribution in [-0.2, 0) is 0 Å². The Morgan fingerprint density at radius 3 is 1.94 bits per heavy atom. The number of rotatable bonds is 1. The van der Waals surface area contributed by atoms with Crippen LogP contribution in [0.5, 0.6) is 0 Å². The van der Waals surface area contributed by atoms with Crippen LogP contribution in [0.15, 0.2) is 36.4 Å². The molecule has 1 aliphatic carbocycles. The Labute approximate surface area is 136 Å². The Hall–Kier alpha value is 0.700. The van der Waals surface area contributed by atoms with E-state index in [1.54, 1.807) is 0 Å². The first kappa shape index (κ1) is 15.1. The average Bonchev–Trinajstić information content (AvgIpc) is 2.24. The molecular weight excluding hydrogens is 357 g/mol. The van der Waals surface area contributed by atoms with Crippen molar-refractivity contribution in [3.8, 4) is 0 Å². The molecule has 0 amide bonds. The molecule has 0 bridgehead atoms. The predicted octanol–water partition coefficient (Wildman–Crippen LogP) is 6.00. The van der Waals surface area contributed by atoms with Crippen LogP contribution in [0.1, 0.15) is 12.0 Å².